The van der Waals surface area contributed by atoms with Crippen LogP contribution in [0.2, 0.25) is 0 Å². The maximum atomic E-state index is 6.13. The summed E-state index contributed by atoms with van der Waals surface area (Å²) in [6.07, 6.45) is 0. The molecule has 9 heteroatoms. The zero-order valence-electron chi connectivity index (χ0n) is 11.5. The van der Waals surface area contributed by atoms with Gasteiger partial charge in [-0.25, -0.2) is 0 Å². The molecule has 0 saturated carbocycles. The molecule has 0 aliphatic carbocycles. The molecule has 0 fully saturated rings. The first kappa shape index (κ1) is 14.1. The molecule has 114 valence electrons. The Morgan fingerprint density at radius 2 is 2.00 bits per heavy atom. The summed E-state index contributed by atoms with van der Waals surface area (Å²) in [5.74, 6) is 1.09. The SMILES string of the molecule is Nc1c(-c2nc(-c3cccs3)no2)nnn1-c1ccc(Br)cc1. The molecule has 0 unspecified atom stereocenters. The number of anilines is 1. The second-order valence-corrected chi connectivity index (χ2v) is 6.48. The monoisotopic (exact) mass is 388 g/mol. The summed E-state index contributed by atoms with van der Waals surface area (Å²) in [6, 6.07) is 11.4. The van der Waals surface area contributed by atoms with Crippen LogP contribution in [-0.4, -0.2) is 25.1 Å². The van der Waals surface area contributed by atoms with E-state index in [1.807, 2.05) is 41.8 Å². The molecule has 0 saturated heterocycles. The molecule has 0 atom stereocenters. The van der Waals surface area contributed by atoms with Gasteiger partial charge in [-0.1, -0.05) is 32.4 Å². The third-order valence-corrected chi connectivity index (χ3v) is 4.54. The van der Waals surface area contributed by atoms with Crippen LogP contribution in [0, 0.1) is 0 Å². The molecule has 0 aliphatic rings. The van der Waals surface area contributed by atoms with Gasteiger partial charge in [0.1, 0.15) is 0 Å². The number of thiophene rings is 1. The van der Waals surface area contributed by atoms with Crippen molar-refractivity contribution >= 4 is 33.1 Å². The Morgan fingerprint density at radius 1 is 1.17 bits per heavy atom. The zero-order chi connectivity index (χ0) is 15.8. The van der Waals surface area contributed by atoms with Gasteiger partial charge < -0.3 is 10.3 Å². The minimum Gasteiger partial charge on any atom is -0.382 e. The Labute approximate surface area is 142 Å². The van der Waals surface area contributed by atoms with Gasteiger partial charge in [0.05, 0.1) is 10.6 Å². The lowest BCUT2D eigenvalue weighted by molar-refractivity contribution is 0.431. The Hall–Kier alpha value is -2.52. The van der Waals surface area contributed by atoms with Gasteiger partial charge in [0, 0.05) is 4.47 Å². The lowest BCUT2D eigenvalue weighted by Crippen LogP contribution is -2.02. The van der Waals surface area contributed by atoms with Crippen LogP contribution < -0.4 is 5.73 Å². The lowest BCUT2D eigenvalue weighted by atomic mass is 10.3. The van der Waals surface area contributed by atoms with Crippen molar-refractivity contribution < 1.29 is 4.52 Å². The predicted octanol–water partition coefficient (Wildman–Crippen LogP) is 3.39. The largest absolute Gasteiger partial charge is 0.382 e. The van der Waals surface area contributed by atoms with E-state index in [-0.39, 0.29) is 5.89 Å². The van der Waals surface area contributed by atoms with E-state index < -0.39 is 0 Å². The van der Waals surface area contributed by atoms with Crippen molar-refractivity contribution in [3.05, 3.63) is 46.3 Å². The van der Waals surface area contributed by atoms with Crippen molar-refractivity contribution in [3.8, 4) is 28.0 Å². The van der Waals surface area contributed by atoms with Gasteiger partial charge in [0.2, 0.25) is 5.82 Å². The molecule has 1 aromatic carbocycles. The van der Waals surface area contributed by atoms with Crippen LogP contribution in [0.1, 0.15) is 0 Å². The topological polar surface area (TPSA) is 95.7 Å². The van der Waals surface area contributed by atoms with Crippen molar-refractivity contribution in [2.45, 2.75) is 0 Å². The number of nitrogens with two attached hydrogens (primary N) is 1. The molecule has 3 aromatic heterocycles. The average molecular weight is 389 g/mol. The van der Waals surface area contributed by atoms with E-state index in [4.69, 9.17) is 10.3 Å². The molecule has 4 aromatic rings. The molecule has 0 radical (unpaired) electrons. The average Bonchev–Trinajstić information content (AvgIpc) is 3.27. The summed E-state index contributed by atoms with van der Waals surface area (Å²) in [4.78, 5) is 5.25. The maximum absolute atomic E-state index is 6.13. The van der Waals surface area contributed by atoms with Crippen molar-refractivity contribution in [1.29, 1.82) is 0 Å². The second kappa shape index (κ2) is 5.60. The summed E-state index contributed by atoms with van der Waals surface area (Å²) in [5.41, 5.74) is 7.29. The van der Waals surface area contributed by atoms with Crippen LogP contribution >= 0.6 is 27.3 Å². The first-order valence-electron chi connectivity index (χ1n) is 6.57. The molecular weight excluding hydrogens is 380 g/mol. The van der Waals surface area contributed by atoms with Crippen molar-refractivity contribution in [1.82, 2.24) is 25.1 Å². The Bertz CT molecular complexity index is 944. The Morgan fingerprint density at radius 3 is 2.74 bits per heavy atom. The Kier molecular flexibility index (Phi) is 3.43. The number of halogens is 1. The highest BCUT2D eigenvalue weighted by Crippen LogP contribution is 2.28. The molecule has 7 nitrogen and oxygen atoms in total. The molecule has 4 rings (SSSR count). The van der Waals surface area contributed by atoms with Crippen LogP contribution in [-0.2, 0) is 0 Å². The van der Waals surface area contributed by atoms with Gasteiger partial charge in [0.25, 0.3) is 5.89 Å². The van der Waals surface area contributed by atoms with E-state index in [2.05, 4.69) is 36.4 Å². The highest BCUT2D eigenvalue weighted by Gasteiger charge is 2.20. The fraction of sp³-hybridized carbons (Fsp3) is 0. The highest BCUT2D eigenvalue weighted by molar-refractivity contribution is 9.10. The zero-order valence-corrected chi connectivity index (χ0v) is 14.0. The normalized spacial score (nSPS) is 11.0. The summed E-state index contributed by atoms with van der Waals surface area (Å²) >= 11 is 4.92. The maximum Gasteiger partial charge on any atom is 0.282 e. The molecule has 0 amide bonds. The third kappa shape index (κ3) is 2.53. The minimum absolute atomic E-state index is 0.245. The fourth-order valence-electron chi connectivity index (χ4n) is 2.04. The number of nitrogen functional groups attached to an aromatic ring is 1. The first-order valence-corrected chi connectivity index (χ1v) is 8.25. The molecule has 3 heterocycles. The van der Waals surface area contributed by atoms with Crippen molar-refractivity contribution in [3.63, 3.8) is 0 Å². The number of hydrogen-bond acceptors (Lipinski definition) is 7. The minimum atomic E-state index is 0.245. The van der Waals surface area contributed by atoms with E-state index in [1.54, 1.807) is 0 Å². The van der Waals surface area contributed by atoms with E-state index in [9.17, 15) is 0 Å². The fourth-order valence-corrected chi connectivity index (χ4v) is 2.95. The molecule has 0 spiro atoms. The molecule has 0 bridgehead atoms. The summed E-state index contributed by atoms with van der Waals surface area (Å²) in [5, 5.41) is 14.0. The summed E-state index contributed by atoms with van der Waals surface area (Å²) in [7, 11) is 0. The number of hydrogen-bond donors (Lipinski definition) is 1. The van der Waals surface area contributed by atoms with E-state index in [1.165, 1.54) is 16.0 Å². The quantitative estimate of drug-likeness (QED) is 0.577. The van der Waals surface area contributed by atoms with E-state index >= 15 is 0 Å². The smallest absolute Gasteiger partial charge is 0.282 e. The van der Waals surface area contributed by atoms with Crippen LogP contribution in [0.25, 0.3) is 28.0 Å². The van der Waals surface area contributed by atoms with Gasteiger partial charge in [-0.3, -0.25) is 0 Å². The van der Waals surface area contributed by atoms with Gasteiger partial charge in [-0.2, -0.15) is 9.67 Å². The van der Waals surface area contributed by atoms with Gasteiger partial charge in [-0.05, 0) is 35.7 Å². The molecule has 0 aliphatic heterocycles. The van der Waals surface area contributed by atoms with Crippen LogP contribution in [0.3, 0.4) is 0 Å². The standard InChI is InChI=1S/C14H9BrN6OS/c15-8-3-5-9(6-4-8)21-12(16)11(18-20-21)14-17-13(19-22-14)10-2-1-7-23-10/h1-7H,16H2. The van der Waals surface area contributed by atoms with E-state index in [0.29, 0.717) is 17.3 Å². The van der Waals surface area contributed by atoms with Gasteiger partial charge in [0.15, 0.2) is 11.5 Å². The number of aromatic nitrogens is 5. The molecule has 23 heavy (non-hydrogen) atoms. The van der Waals surface area contributed by atoms with Crippen molar-refractivity contribution in [2.75, 3.05) is 5.73 Å². The molecule has 2 N–H and O–H groups in total. The van der Waals surface area contributed by atoms with Crippen LogP contribution in [0.15, 0.2) is 50.8 Å². The highest BCUT2D eigenvalue weighted by atomic mass is 79.9. The lowest BCUT2D eigenvalue weighted by Gasteiger charge is -2.02. The third-order valence-electron chi connectivity index (χ3n) is 3.15. The van der Waals surface area contributed by atoms with Gasteiger partial charge in [-0.15, -0.1) is 16.4 Å². The summed E-state index contributed by atoms with van der Waals surface area (Å²) < 4.78 is 7.76. The van der Waals surface area contributed by atoms with Gasteiger partial charge >= 0.3 is 0 Å². The van der Waals surface area contributed by atoms with Crippen LogP contribution in [0.5, 0.6) is 0 Å². The number of rotatable bonds is 3. The molecular formula is C14H9BrN6OS. The predicted molar refractivity (Wildman–Crippen MR) is 90.1 cm³/mol. The summed E-state index contributed by atoms with van der Waals surface area (Å²) in [6.45, 7) is 0. The second-order valence-electron chi connectivity index (χ2n) is 4.61. The first-order chi connectivity index (χ1) is 11.2. The van der Waals surface area contributed by atoms with Crippen LogP contribution in [0.4, 0.5) is 5.82 Å². The Balaban J connectivity index is 1.72. The number of benzene rings is 1. The van der Waals surface area contributed by atoms with Crippen molar-refractivity contribution in [2.24, 2.45) is 0 Å². The number of nitrogens with zero attached hydrogens (tertiary/aromatic N) is 5. The van der Waals surface area contributed by atoms with E-state index in [0.717, 1.165) is 15.0 Å².